The third-order valence-corrected chi connectivity index (χ3v) is 4.50. The van der Waals surface area contributed by atoms with E-state index in [2.05, 4.69) is 21.5 Å². The summed E-state index contributed by atoms with van der Waals surface area (Å²) in [6.07, 6.45) is 6.97. The Kier molecular flexibility index (Phi) is 2.83. The van der Waals surface area contributed by atoms with Gasteiger partial charge in [-0.25, -0.2) is 18.7 Å². The minimum atomic E-state index is -0.895. The van der Waals surface area contributed by atoms with Crippen LogP contribution in [0.4, 0.5) is 8.78 Å². The molecule has 25 heavy (non-hydrogen) atoms. The van der Waals surface area contributed by atoms with Crippen molar-refractivity contribution in [2.75, 3.05) is 0 Å². The summed E-state index contributed by atoms with van der Waals surface area (Å²) in [7, 11) is 0. The van der Waals surface area contributed by atoms with Crippen molar-refractivity contribution >= 4 is 28.1 Å². The van der Waals surface area contributed by atoms with Gasteiger partial charge in [0, 0.05) is 18.2 Å². The number of imidazole rings is 2. The Bertz CT molecular complexity index is 1150. The van der Waals surface area contributed by atoms with Gasteiger partial charge >= 0.3 is 0 Å². The molecule has 4 aromatic rings. The summed E-state index contributed by atoms with van der Waals surface area (Å²) < 4.78 is 31.2. The van der Waals surface area contributed by atoms with Gasteiger partial charge in [0.25, 0.3) is 0 Å². The molecule has 0 atom stereocenters. The van der Waals surface area contributed by atoms with Crippen molar-refractivity contribution in [1.82, 2.24) is 24.1 Å². The smallest absolute Gasteiger partial charge is 0.216 e. The van der Waals surface area contributed by atoms with Gasteiger partial charge in [-0.1, -0.05) is 6.58 Å². The summed E-state index contributed by atoms with van der Waals surface area (Å²) >= 11 is 0. The molecule has 3 aromatic heterocycles. The van der Waals surface area contributed by atoms with Crippen LogP contribution in [0.25, 0.3) is 34.1 Å². The van der Waals surface area contributed by atoms with Crippen LogP contribution in [0.3, 0.4) is 0 Å². The number of pyridine rings is 1. The Morgan fingerprint density at radius 2 is 1.84 bits per heavy atom. The summed E-state index contributed by atoms with van der Waals surface area (Å²) in [5, 5.41) is 0. The van der Waals surface area contributed by atoms with Crippen molar-refractivity contribution in [2.24, 2.45) is 0 Å². The van der Waals surface area contributed by atoms with Gasteiger partial charge in [0.15, 0.2) is 11.6 Å². The number of aromatic nitrogens is 5. The van der Waals surface area contributed by atoms with E-state index in [1.54, 1.807) is 18.6 Å². The lowest BCUT2D eigenvalue weighted by Crippen LogP contribution is -2.05. The Labute approximate surface area is 141 Å². The molecule has 1 aromatic carbocycles. The molecule has 0 amide bonds. The standard InChI is InChI=1S/C18H13F2N5/c1-2-10-5-16-15(8-21-10)22-9-24(16)18-23-14-6-12(19)13(20)7-17(14)25(18)11-3-4-11/h2,5-9,11H,1,3-4H2. The Balaban J connectivity index is 1.83. The molecule has 1 saturated carbocycles. The van der Waals surface area contributed by atoms with E-state index in [-0.39, 0.29) is 6.04 Å². The minimum Gasteiger partial charge on any atom is -0.306 e. The van der Waals surface area contributed by atoms with Crippen molar-refractivity contribution in [3.63, 3.8) is 0 Å². The van der Waals surface area contributed by atoms with E-state index in [4.69, 9.17) is 0 Å². The molecule has 0 bridgehead atoms. The average Bonchev–Trinajstić information content (AvgIpc) is 3.26. The Morgan fingerprint density at radius 3 is 2.60 bits per heavy atom. The number of halogens is 2. The molecule has 0 aliphatic heterocycles. The number of hydrogen-bond acceptors (Lipinski definition) is 3. The molecule has 1 aliphatic rings. The van der Waals surface area contributed by atoms with Crippen LogP contribution in [0.5, 0.6) is 0 Å². The van der Waals surface area contributed by atoms with E-state index in [9.17, 15) is 8.78 Å². The Morgan fingerprint density at radius 1 is 1.04 bits per heavy atom. The molecule has 0 N–H and O–H groups in total. The van der Waals surface area contributed by atoms with E-state index in [0.717, 1.165) is 35.6 Å². The normalized spacial score (nSPS) is 14.5. The van der Waals surface area contributed by atoms with Crippen molar-refractivity contribution in [2.45, 2.75) is 18.9 Å². The lowest BCUT2D eigenvalue weighted by atomic mass is 10.3. The fraction of sp³-hybridized carbons (Fsp3) is 0.167. The zero-order chi connectivity index (χ0) is 17.1. The first kappa shape index (κ1) is 14.3. The van der Waals surface area contributed by atoms with Crippen LogP contribution < -0.4 is 0 Å². The van der Waals surface area contributed by atoms with E-state index in [1.807, 2.05) is 15.2 Å². The summed E-state index contributed by atoms with van der Waals surface area (Å²) in [6, 6.07) is 4.47. The maximum absolute atomic E-state index is 13.8. The Hall–Kier alpha value is -3.09. The number of rotatable bonds is 3. The van der Waals surface area contributed by atoms with E-state index < -0.39 is 11.6 Å². The lowest BCUT2D eigenvalue weighted by molar-refractivity contribution is 0.510. The summed E-state index contributed by atoms with van der Waals surface area (Å²) in [5.74, 6) is -1.16. The highest BCUT2D eigenvalue weighted by molar-refractivity contribution is 5.81. The van der Waals surface area contributed by atoms with Gasteiger partial charge in [0.1, 0.15) is 11.8 Å². The molecule has 1 fully saturated rings. The molecule has 0 unspecified atom stereocenters. The highest BCUT2D eigenvalue weighted by Gasteiger charge is 2.30. The topological polar surface area (TPSA) is 48.5 Å². The van der Waals surface area contributed by atoms with Crippen LogP contribution in [0, 0.1) is 11.6 Å². The van der Waals surface area contributed by atoms with Crippen molar-refractivity contribution < 1.29 is 8.78 Å². The molecular formula is C18H13F2N5. The quantitative estimate of drug-likeness (QED) is 0.567. The van der Waals surface area contributed by atoms with Crippen LogP contribution >= 0.6 is 0 Å². The molecule has 124 valence electrons. The lowest BCUT2D eigenvalue weighted by Gasteiger charge is -2.09. The number of benzene rings is 1. The van der Waals surface area contributed by atoms with Crippen molar-refractivity contribution in [1.29, 1.82) is 0 Å². The predicted octanol–water partition coefficient (Wildman–Crippen LogP) is 4.03. The van der Waals surface area contributed by atoms with Crippen LogP contribution in [-0.4, -0.2) is 24.1 Å². The first-order chi connectivity index (χ1) is 12.2. The maximum atomic E-state index is 13.8. The van der Waals surface area contributed by atoms with E-state index in [1.165, 1.54) is 6.07 Å². The fourth-order valence-corrected chi connectivity index (χ4v) is 3.14. The third kappa shape index (κ3) is 2.08. The molecule has 0 saturated heterocycles. The predicted molar refractivity (Wildman–Crippen MR) is 90.4 cm³/mol. The van der Waals surface area contributed by atoms with Gasteiger partial charge in [-0.15, -0.1) is 0 Å². The van der Waals surface area contributed by atoms with Crippen LogP contribution in [0.2, 0.25) is 0 Å². The van der Waals surface area contributed by atoms with Gasteiger partial charge in [0.05, 0.1) is 28.4 Å². The second-order valence-electron chi connectivity index (χ2n) is 6.18. The molecular weight excluding hydrogens is 324 g/mol. The van der Waals surface area contributed by atoms with Gasteiger partial charge in [-0.2, -0.15) is 0 Å². The summed E-state index contributed by atoms with van der Waals surface area (Å²) in [5.41, 5.74) is 3.29. The molecule has 5 nitrogen and oxygen atoms in total. The summed E-state index contributed by atoms with van der Waals surface area (Å²) in [6.45, 7) is 3.74. The third-order valence-electron chi connectivity index (χ3n) is 4.50. The minimum absolute atomic E-state index is 0.239. The zero-order valence-corrected chi connectivity index (χ0v) is 13.2. The molecule has 7 heteroatoms. The fourth-order valence-electron chi connectivity index (χ4n) is 3.14. The van der Waals surface area contributed by atoms with E-state index >= 15 is 0 Å². The van der Waals surface area contributed by atoms with Gasteiger partial charge in [-0.05, 0) is 25.0 Å². The number of hydrogen-bond donors (Lipinski definition) is 0. The monoisotopic (exact) mass is 337 g/mol. The van der Waals surface area contributed by atoms with E-state index in [0.29, 0.717) is 17.0 Å². The highest BCUT2D eigenvalue weighted by Crippen LogP contribution is 2.40. The molecule has 0 spiro atoms. The maximum Gasteiger partial charge on any atom is 0.216 e. The average molecular weight is 337 g/mol. The van der Waals surface area contributed by atoms with Crippen molar-refractivity contribution in [3.05, 3.63) is 54.6 Å². The second-order valence-corrected chi connectivity index (χ2v) is 6.18. The molecule has 5 rings (SSSR count). The largest absolute Gasteiger partial charge is 0.306 e. The number of nitrogens with zero attached hydrogens (tertiary/aromatic N) is 5. The van der Waals surface area contributed by atoms with Crippen molar-refractivity contribution in [3.8, 4) is 5.95 Å². The summed E-state index contributed by atoms with van der Waals surface area (Å²) in [4.78, 5) is 13.2. The van der Waals surface area contributed by atoms with Gasteiger partial charge in [-0.3, -0.25) is 9.55 Å². The molecule has 3 heterocycles. The molecule has 1 aliphatic carbocycles. The zero-order valence-electron chi connectivity index (χ0n) is 13.2. The first-order valence-corrected chi connectivity index (χ1v) is 7.98. The molecule has 0 radical (unpaired) electrons. The van der Waals surface area contributed by atoms with Crippen LogP contribution in [0.1, 0.15) is 24.6 Å². The van der Waals surface area contributed by atoms with Crippen LogP contribution in [-0.2, 0) is 0 Å². The SMILES string of the molecule is C=Cc1cc2c(cn1)ncn2-c1nc2cc(F)c(F)cc2n1C1CC1. The second kappa shape index (κ2) is 4.95. The van der Waals surface area contributed by atoms with Gasteiger partial charge < -0.3 is 4.57 Å². The number of fused-ring (bicyclic) bond motifs is 2. The highest BCUT2D eigenvalue weighted by atomic mass is 19.2. The van der Waals surface area contributed by atoms with Crippen LogP contribution in [0.15, 0.2) is 37.3 Å². The van der Waals surface area contributed by atoms with Gasteiger partial charge in [0.2, 0.25) is 5.95 Å². The first-order valence-electron chi connectivity index (χ1n) is 7.98.